The summed E-state index contributed by atoms with van der Waals surface area (Å²) < 4.78 is 45.4. The van der Waals surface area contributed by atoms with Crippen molar-refractivity contribution >= 4 is 27.3 Å². The highest BCUT2D eigenvalue weighted by atomic mass is 35.5. The predicted octanol–water partition coefficient (Wildman–Crippen LogP) is 3.68. The Morgan fingerprint density at radius 3 is 2.48 bits per heavy atom. The van der Waals surface area contributed by atoms with E-state index < -0.39 is 15.8 Å². The summed E-state index contributed by atoms with van der Waals surface area (Å²) in [6.07, 6.45) is 0. The molecule has 2 aromatic rings. The SMILES string of the molecule is CCOc1cc(S(=O)(=O)Nc2ccc(Cl)cc2)ccc1F. The van der Waals surface area contributed by atoms with Crippen molar-refractivity contribution in [1.82, 2.24) is 0 Å². The summed E-state index contributed by atoms with van der Waals surface area (Å²) in [5.74, 6) is -0.709. The highest BCUT2D eigenvalue weighted by molar-refractivity contribution is 7.92. The molecule has 0 spiro atoms. The maximum absolute atomic E-state index is 13.5. The van der Waals surface area contributed by atoms with E-state index >= 15 is 0 Å². The second-order valence-corrected chi connectivity index (χ2v) is 6.26. The molecule has 0 aromatic heterocycles. The van der Waals surface area contributed by atoms with Crippen molar-refractivity contribution in [3.63, 3.8) is 0 Å². The number of sulfonamides is 1. The molecule has 0 bridgehead atoms. The lowest BCUT2D eigenvalue weighted by molar-refractivity contribution is 0.320. The fraction of sp³-hybridized carbons (Fsp3) is 0.143. The molecule has 0 heterocycles. The largest absolute Gasteiger partial charge is 0.491 e. The zero-order chi connectivity index (χ0) is 15.5. The molecule has 0 aliphatic heterocycles. The third kappa shape index (κ3) is 3.86. The Morgan fingerprint density at radius 2 is 1.86 bits per heavy atom. The van der Waals surface area contributed by atoms with Gasteiger partial charge < -0.3 is 4.74 Å². The molecule has 7 heteroatoms. The maximum Gasteiger partial charge on any atom is 0.262 e. The first-order valence-corrected chi connectivity index (χ1v) is 7.99. The van der Waals surface area contributed by atoms with Crippen LogP contribution in [0.2, 0.25) is 5.02 Å². The number of hydrogen-bond donors (Lipinski definition) is 1. The minimum atomic E-state index is -3.82. The van der Waals surface area contributed by atoms with Crippen molar-refractivity contribution in [3.8, 4) is 5.75 Å². The Kier molecular flexibility index (Phi) is 4.69. The molecular weight excluding hydrogens is 317 g/mol. The number of anilines is 1. The van der Waals surface area contributed by atoms with E-state index in [4.69, 9.17) is 16.3 Å². The lowest BCUT2D eigenvalue weighted by Gasteiger charge is -2.10. The van der Waals surface area contributed by atoms with Crippen LogP contribution in [0.1, 0.15) is 6.92 Å². The summed E-state index contributed by atoms with van der Waals surface area (Å²) in [4.78, 5) is -0.0812. The molecule has 112 valence electrons. The summed E-state index contributed by atoms with van der Waals surface area (Å²) in [5, 5.41) is 0.498. The molecule has 0 saturated carbocycles. The molecule has 0 saturated heterocycles. The van der Waals surface area contributed by atoms with Crippen LogP contribution in [0.4, 0.5) is 10.1 Å². The number of halogens is 2. The van der Waals surface area contributed by atoms with E-state index in [1.165, 1.54) is 18.2 Å². The van der Waals surface area contributed by atoms with Crippen LogP contribution in [0.15, 0.2) is 47.4 Å². The Morgan fingerprint density at radius 1 is 1.19 bits per heavy atom. The molecule has 2 rings (SSSR count). The third-order valence-electron chi connectivity index (χ3n) is 2.61. The quantitative estimate of drug-likeness (QED) is 0.910. The third-order valence-corrected chi connectivity index (χ3v) is 4.24. The van der Waals surface area contributed by atoms with Crippen LogP contribution in [0, 0.1) is 5.82 Å². The van der Waals surface area contributed by atoms with Crippen LogP contribution in [0.3, 0.4) is 0 Å². The summed E-state index contributed by atoms with van der Waals surface area (Å²) in [6, 6.07) is 9.58. The van der Waals surface area contributed by atoms with E-state index in [2.05, 4.69) is 4.72 Å². The fourth-order valence-electron chi connectivity index (χ4n) is 1.65. The Bertz CT molecular complexity index is 732. The van der Waals surface area contributed by atoms with Crippen molar-refractivity contribution in [2.75, 3.05) is 11.3 Å². The van der Waals surface area contributed by atoms with Gasteiger partial charge in [0.25, 0.3) is 10.0 Å². The van der Waals surface area contributed by atoms with E-state index in [9.17, 15) is 12.8 Å². The number of hydrogen-bond acceptors (Lipinski definition) is 3. The van der Waals surface area contributed by atoms with E-state index in [1.54, 1.807) is 19.1 Å². The normalized spacial score (nSPS) is 11.2. The van der Waals surface area contributed by atoms with Crippen LogP contribution in [0.5, 0.6) is 5.75 Å². The van der Waals surface area contributed by atoms with Crippen LogP contribution in [-0.2, 0) is 10.0 Å². The first kappa shape index (κ1) is 15.6. The number of benzene rings is 2. The number of rotatable bonds is 5. The predicted molar refractivity (Wildman–Crippen MR) is 79.8 cm³/mol. The second kappa shape index (κ2) is 6.32. The Labute approximate surface area is 127 Å². The first-order chi connectivity index (χ1) is 9.92. The van der Waals surface area contributed by atoms with Gasteiger partial charge in [-0.1, -0.05) is 11.6 Å². The molecule has 21 heavy (non-hydrogen) atoms. The topological polar surface area (TPSA) is 55.4 Å². The van der Waals surface area contributed by atoms with Crippen LogP contribution >= 0.6 is 11.6 Å². The van der Waals surface area contributed by atoms with Crippen LogP contribution in [0.25, 0.3) is 0 Å². The van der Waals surface area contributed by atoms with E-state index in [-0.39, 0.29) is 17.3 Å². The van der Waals surface area contributed by atoms with Crippen molar-refractivity contribution in [1.29, 1.82) is 0 Å². The van der Waals surface area contributed by atoms with Gasteiger partial charge in [-0.15, -0.1) is 0 Å². The van der Waals surface area contributed by atoms with Gasteiger partial charge in [-0.25, -0.2) is 12.8 Å². The van der Waals surface area contributed by atoms with Gasteiger partial charge in [0.1, 0.15) is 0 Å². The standard InChI is InChI=1S/C14H13ClFNO3S/c1-2-20-14-9-12(7-8-13(14)16)21(18,19)17-11-5-3-10(15)4-6-11/h3-9,17H,2H2,1H3. The minimum absolute atomic E-state index is 0.0812. The first-order valence-electron chi connectivity index (χ1n) is 6.13. The molecule has 0 radical (unpaired) electrons. The molecule has 0 unspecified atom stereocenters. The van der Waals surface area contributed by atoms with Gasteiger partial charge in [0.15, 0.2) is 11.6 Å². The molecule has 2 aromatic carbocycles. The Balaban J connectivity index is 2.31. The molecular formula is C14H13ClFNO3S. The summed E-state index contributed by atoms with van der Waals surface area (Å²) >= 11 is 5.74. The van der Waals surface area contributed by atoms with Crippen molar-refractivity contribution in [2.24, 2.45) is 0 Å². The van der Waals surface area contributed by atoms with E-state index in [0.29, 0.717) is 10.7 Å². The molecule has 0 aliphatic carbocycles. The monoisotopic (exact) mass is 329 g/mol. The summed E-state index contributed by atoms with van der Waals surface area (Å²) in [7, 11) is -3.82. The fourth-order valence-corrected chi connectivity index (χ4v) is 2.85. The maximum atomic E-state index is 13.5. The zero-order valence-electron chi connectivity index (χ0n) is 11.1. The highest BCUT2D eigenvalue weighted by Gasteiger charge is 2.17. The Hall–Kier alpha value is -1.79. The van der Waals surface area contributed by atoms with Crippen molar-refractivity contribution in [3.05, 3.63) is 53.3 Å². The van der Waals surface area contributed by atoms with Gasteiger partial charge >= 0.3 is 0 Å². The van der Waals surface area contributed by atoms with Gasteiger partial charge in [-0.05, 0) is 43.3 Å². The highest BCUT2D eigenvalue weighted by Crippen LogP contribution is 2.24. The van der Waals surface area contributed by atoms with Crippen LogP contribution in [-0.4, -0.2) is 15.0 Å². The summed E-state index contributed by atoms with van der Waals surface area (Å²) in [5.41, 5.74) is 0.363. The minimum Gasteiger partial charge on any atom is -0.491 e. The smallest absolute Gasteiger partial charge is 0.262 e. The lowest BCUT2D eigenvalue weighted by atomic mass is 10.3. The molecule has 0 amide bonds. The van der Waals surface area contributed by atoms with Crippen molar-refractivity contribution < 1.29 is 17.5 Å². The van der Waals surface area contributed by atoms with Gasteiger partial charge in [0.05, 0.1) is 11.5 Å². The lowest BCUT2D eigenvalue weighted by Crippen LogP contribution is -2.13. The zero-order valence-corrected chi connectivity index (χ0v) is 12.7. The average Bonchev–Trinajstić information content (AvgIpc) is 2.43. The van der Waals surface area contributed by atoms with Crippen LogP contribution < -0.4 is 9.46 Å². The van der Waals surface area contributed by atoms with Gasteiger partial charge in [0, 0.05) is 16.8 Å². The van der Waals surface area contributed by atoms with Crippen molar-refractivity contribution in [2.45, 2.75) is 11.8 Å². The average molecular weight is 330 g/mol. The second-order valence-electron chi connectivity index (χ2n) is 4.14. The number of ether oxygens (including phenoxy) is 1. The molecule has 0 aliphatic rings. The molecule has 0 atom stereocenters. The van der Waals surface area contributed by atoms with E-state index in [1.807, 2.05) is 0 Å². The van der Waals surface area contributed by atoms with Gasteiger partial charge in [0.2, 0.25) is 0 Å². The number of nitrogens with one attached hydrogen (secondary N) is 1. The van der Waals surface area contributed by atoms with Gasteiger partial charge in [-0.2, -0.15) is 0 Å². The molecule has 0 fully saturated rings. The van der Waals surface area contributed by atoms with Gasteiger partial charge in [-0.3, -0.25) is 4.72 Å². The van der Waals surface area contributed by atoms with E-state index in [0.717, 1.165) is 12.1 Å². The molecule has 4 nitrogen and oxygen atoms in total. The summed E-state index contributed by atoms with van der Waals surface area (Å²) in [6.45, 7) is 1.93. The molecule has 1 N–H and O–H groups in total.